The zero-order valence-corrected chi connectivity index (χ0v) is 14.6. The normalized spacial score (nSPS) is 16.7. The van der Waals surface area contributed by atoms with Crippen molar-refractivity contribution < 1.29 is 14.3 Å². The summed E-state index contributed by atoms with van der Waals surface area (Å²) >= 11 is 0. The number of benzene rings is 2. The monoisotopic (exact) mass is 351 g/mol. The molecule has 2 heterocycles. The summed E-state index contributed by atoms with van der Waals surface area (Å²) in [5.74, 6) is 0.610. The van der Waals surface area contributed by atoms with E-state index in [1.807, 2.05) is 41.9 Å². The average molecular weight is 351 g/mol. The topological polar surface area (TPSA) is 65.4 Å². The van der Waals surface area contributed by atoms with E-state index in [0.29, 0.717) is 12.2 Å². The van der Waals surface area contributed by atoms with Gasteiger partial charge in [-0.05, 0) is 55.3 Å². The second-order valence-corrected chi connectivity index (χ2v) is 6.48. The lowest BCUT2D eigenvalue weighted by Gasteiger charge is -2.12. The largest absolute Gasteiger partial charge is 0.491 e. The molecule has 0 aliphatic carbocycles. The van der Waals surface area contributed by atoms with Crippen molar-refractivity contribution in [3.8, 4) is 5.75 Å². The molecule has 1 saturated heterocycles. The van der Waals surface area contributed by atoms with Crippen LogP contribution in [0.3, 0.4) is 0 Å². The van der Waals surface area contributed by atoms with Crippen LogP contribution in [0.15, 0.2) is 48.8 Å². The van der Waals surface area contributed by atoms with Crippen LogP contribution in [0.4, 0.5) is 5.69 Å². The zero-order valence-electron chi connectivity index (χ0n) is 14.6. The van der Waals surface area contributed by atoms with E-state index in [9.17, 15) is 4.79 Å². The van der Waals surface area contributed by atoms with E-state index < -0.39 is 0 Å². The van der Waals surface area contributed by atoms with Gasteiger partial charge in [0.15, 0.2) is 0 Å². The van der Waals surface area contributed by atoms with E-state index >= 15 is 0 Å². The van der Waals surface area contributed by atoms with E-state index in [-0.39, 0.29) is 12.0 Å². The van der Waals surface area contributed by atoms with Gasteiger partial charge >= 0.3 is 0 Å². The molecule has 1 aromatic heterocycles. The molecule has 1 aliphatic rings. The number of aromatic nitrogens is 2. The second-order valence-electron chi connectivity index (χ2n) is 6.48. The maximum absolute atomic E-state index is 12.5. The number of amides is 1. The van der Waals surface area contributed by atoms with Crippen LogP contribution in [-0.2, 0) is 11.8 Å². The lowest BCUT2D eigenvalue weighted by atomic mass is 10.2. The quantitative estimate of drug-likeness (QED) is 0.765. The third kappa shape index (κ3) is 3.55. The number of fused-ring (bicyclic) bond motifs is 1. The van der Waals surface area contributed by atoms with Gasteiger partial charge in [0.05, 0.1) is 23.5 Å². The lowest BCUT2D eigenvalue weighted by molar-refractivity contribution is 0.0679. The first-order valence-corrected chi connectivity index (χ1v) is 8.76. The molecule has 1 aliphatic heterocycles. The third-order valence-corrected chi connectivity index (χ3v) is 4.56. The van der Waals surface area contributed by atoms with E-state index in [0.717, 1.165) is 41.9 Å². The highest BCUT2D eigenvalue weighted by Gasteiger charge is 2.16. The maximum Gasteiger partial charge on any atom is 0.255 e. The van der Waals surface area contributed by atoms with Crippen molar-refractivity contribution in [1.29, 1.82) is 0 Å². The highest BCUT2D eigenvalue weighted by atomic mass is 16.5. The standard InChI is InChI=1S/C20H21N3O3/c1-23-13-21-18-11-14(4-9-19(18)23)20(24)22-15-5-7-16(8-6-15)26-12-17-3-2-10-25-17/h4-9,11,13,17H,2-3,10,12H2,1H3,(H,22,24). The molecule has 6 heteroatoms. The van der Waals surface area contributed by atoms with Crippen LogP contribution in [0.5, 0.6) is 5.75 Å². The van der Waals surface area contributed by atoms with Gasteiger partial charge in [-0.25, -0.2) is 4.98 Å². The Bertz CT molecular complexity index is 912. The number of anilines is 1. The van der Waals surface area contributed by atoms with Crippen LogP contribution in [0.1, 0.15) is 23.2 Å². The number of hydrogen-bond acceptors (Lipinski definition) is 4. The summed E-state index contributed by atoms with van der Waals surface area (Å²) < 4.78 is 13.2. The summed E-state index contributed by atoms with van der Waals surface area (Å²) in [6, 6.07) is 12.9. The van der Waals surface area contributed by atoms with Crippen LogP contribution in [0.25, 0.3) is 11.0 Å². The molecule has 6 nitrogen and oxygen atoms in total. The van der Waals surface area contributed by atoms with Gasteiger partial charge in [0, 0.05) is 24.9 Å². The van der Waals surface area contributed by atoms with Crippen molar-refractivity contribution in [2.45, 2.75) is 18.9 Å². The van der Waals surface area contributed by atoms with Crippen molar-refractivity contribution in [3.05, 3.63) is 54.4 Å². The highest BCUT2D eigenvalue weighted by molar-refractivity contribution is 6.05. The van der Waals surface area contributed by atoms with Gasteiger partial charge in [-0.2, -0.15) is 0 Å². The zero-order chi connectivity index (χ0) is 17.9. The Kier molecular flexibility index (Phi) is 4.58. The van der Waals surface area contributed by atoms with E-state index in [2.05, 4.69) is 10.3 Å². The van der Waals surface area contributed by atoms with Gasteiger partial charge in [0.1, 0.15) is 12.4 Å². The van der Waals surface area contributed by atoms with Gasteiger partial charge in [-0.15, -0.1) is 0 Å². The number of hydrogen-bond donors (Lipinski definition) is 1. The molecule has 1 amide bonds. The summed E-state index contributed by atoms with van der Waals surface area (Å²) in [7, 11) is 1.93. The molecule has 0 radical (unpaired) electrons. The molecule has 26 heavy (non-hydrogen) atoms. The van der Waals surface area contributed by atoms with Crippen LogP contribution in [0, 0.1) is 0 Å². The Morgan fingerprint density at radius 1 is 1.31 bits per heavy atom. The van der Waals surface area contributed by atoms with Crippen molar-refractivity contribution in [1.82, 2.24) is 9.55 Å². The van der Waals surface area contributed by atoms with Crippen molar-refractivity contribution in [2.75, 3.05) is 18.5 Å². The first-order valence-electron chi connectivity index (χ1n) is 8.76. The lowest BCUT2D eigenvalue weighted by Crippen LogP contribution is -2.16. The van der Waals surface area contributed by atoms with Crippen LogP contribution >= 0.6 is 0 Å². The minimum absolute atomic E-state index is 0.162. The number of carbonyl (C=O) groups is 1. The number of rotatable bonds is 5. The fourth-order valence-corrected chi connectivity index (χ4v) is 3.08. The number of nitrogens with one attached hydrogen (secondary N) is 1. The molecule has 3 aromatic rings. The number of carbonyl (C=O) groups excluding carboxylic acids is 1. The molecular weight excluding hydrogens is 330 g/mol. The van der Waals surface area contributed by atoms with Crippen molar-refractivity contribution in [2.24, 2.45) is 7.05 Å². The predicted molar refractivity (Wildman–Crippen MR) is 99.6 cm³/mol. The Hall–Kier alpha value is -2.86. The molecule has 2 aromatic carbocycles. The van der Waals surface area contributed by atoms with Gasteiger partial charge in [-0.3, -0.25) is 4.79 Å². The molecule has 0 saturated carbocycles. The Morgan fingerprint density at radius 3 is 2.92 bits per heavy atom. The first-order chi connectivity index (χ1) is 12.7. The number of aryl methyl sites for hydroxylation is 1. The SMILES string of the molecule is Cn1cnc2cc(C(=O)Nc3ccc(OCC4CCCO4)cc3)ccc21. The average Bonchev–Trinajstić information content (AvgIpc) is 3.31. The van der Waals surface area contributed by atoms with E-state index in [1.54, 1.807) is 18.5 Å². The van der Waals surface area contributed by atoms with Crippen LogP contribution in [-0.4, -0.2) is 34.8 Å². The van der Waals surface area contributed by atoms with E-state index in [4.69, 9.17) is 9.47 Å². The summed E-state index contributed by atoms with van der Waals surface area (Å²) in [5, 5.41) is 2.90. The maximum atomic E-state index is 12.5. The smallest absolute Gasteiger partial charge is 0.255 e. The van der Waals surface area contributed by atoms with Gasteiger partial charge in [-0.1, -0.05) is 0 Å². The van der Waals surface area contributed by atoms with Gasteiger partial charge in [0.25, 0.3) is 5.91 Å². The third-order valence-electron chi connectivity index (χ3n) is 4.56. The second kappa shape index (κ2) is 7.17. The van der Waals surface area contributed by atoms with Crippen LogP contribution in [0.2, 0.25) is 0 Å². The molecule has 0 spiro atoms. The molecule has 1 unspecified atom stereocenters. The van der Waals surface area contributed by atoms with Crippen molar-refractivity contribution >= 4 is 22.6 Å². The fourth-order valence-electron chi connectivity index (χ4n) is 3.08. The minimum Gasteiger partial charge on any atom is -0.491 e. The fraction of sp³-hybridized carbons (Fsp3) is 0.300. The Balaban J connectivity index is 1.38. The molecule has 4 rings (SSSR count). The highest BCUT2D eigenvalue weighted by Crippen LogP contribution is 2.20. The molecule has 1 fully saturated rings. The van der Waals surface area contributed by atoms with E-state index in [1.165, 1.54) is 0 Å². The molecule has 134 valence electrons. The predicted octanol–water partition coefficient (Wildman–Crippen LogP) is 3.38. The summed E-state index contributed by atoms with van der Waals surface area (Å²) in [6.07, 6.45) is 4.08. The number of imidazole rings is 1. The van der Waals surface area contributed by atoms with Crippen molar-refractivity contribution in [3.63, 3.8) is 0 Å². The molecule has 1 N–H and O–H groups in total. The molecule has 0 bridgehead atoms. The Labute approximate surface area is 151 Å². The van der Waals surface area contributed by atoms with Crippen LogP contribution < -0.4 is 10.1 Å². The van der Waals surface area contributed by atoms with Gasteiger partial charge in [0.2, 0.25) is 0 Å². The van der Waals surface area contributed by atoms with Gasteiger partial charge < -0.3 is 19.4 Å². The minimum atomic E-state index is -0.162. The summed E-state index contributed by atoms with van der Waals surface area (Å²) in [4.78, 5) is 16.7. The number of nitrogens with zero attached hydrogens (tertiary/aromatic N) is 2. The summed E-state index contributed by atoms with van der Waals surface area (Å²) in [5.41, 5.74) is 3.10. The number of ether oxygens (including phenoxy) is 2. The molecule has 1 atom stereocenters. The molecular formula is C20H21N3O3. The Morgan fingerprint density at radius 2 is 2.15 bits per heavy atom. The summed E-state index contributed by atoms with van der Waals surface area (Å²) in [6.45, 7) is 1.39. The first kappa shape index (κ1) is 16.6.